The molecular weight excluding hydrogens is 497 g/mol. The fourth-order valence-electron chi connectivity index (χ4n) is 4.01. The van der Waals surface area contributed by atoms with Gasteiger partial charge in [-0.2, -0.15) is 0 Å². The van der Waals surface area contributed by atoms with Crippen LogP contribution in [-0.4, -0.2) is 53.4 Å². The Hall–Kier alpha value is -2.42. The van der Waals surface area contributed by atoms with Crippen molar-refractivity contribution < 1.29 is 9.53 Å². The van der Waals surface area contributed by atoms with Crippen molar-refractivity contribution in [1.29, 1.82) is 0 Å². The molecule has 34 heavy (non-hydrogen) atoms. The third kappa shape index (κ3) is 6.81. The molecule has 4 rings (SSSR count). The topological polar surface area (TPSA) is 84.6 Å². The minimum absolute atomic E-state index is 0. The van der Waals surface area contributed by atoms with Crippen molar-refractivity contribution in [3.8, 4) is 5.75 Å². The van der Waals surface area contributed by atoms with Crippen LogP contribution >= 0.6 is 36.4 Å². The molecular formula is C24H28Cl3N5O2. The van der Waals surface area contributed by atoms with E-state index in [2.05, 4.69) is 19.8 Å². The molecule has 1 aromatic heterocycles. The lowest BCUT2D eigenvalue weighted by Crippen LogP contribution is -2.52. The van der Waals surface area contributed by atoms with Gasteiger partial charge in [0.15, 0.2) is 11.6 Å². The van der Waals surface area contributed by atoms with Crippen LogP contribution in [0.25, 0.3) is 0 Å². The van der Waals surface area contributed by atoms with Crippen molar-refractivity contribution in [2.75, 3.05) is 31.1 Å². The molecule has 1 aliphatic heterocycles. The fourth-order valence-corrected chi connectivity index (χ4v) is 4.13. The molecule has 0 saturated carbocycles. The third-order valence-electron chi connectivity index (χ3n) is 5.64. The van der Waals surface area contributed by atoms with E-state index in [0.29, 0.717) is 17.4 Å². The molecule has 10 heteroatoms. The number of aromatic nitrogens is 2. The lowest BCUT2D eigenvalue weighted by atomic mass is 9.98. The van der Waals surface area contributed by atoms with Crippen molar-refractivity contribution in [3.05, 3.63) is 83.3 Å². The summed E-state index contributed by atoms with van der Waals surface area (Å²) in [7, 11) is 0. The second kappa shape index (κ2) is 13.5. The molecule has 2 N–H and O–H groups in total. The van der Waals surface area contributed by atoms with E-state index in [0.717, 1.165) is 49.4 Å². The highest BCUT2D eigenvalue weighted by molar-refractivity contribution is 6.30. The van der Waals surface area contributed by atoms with Gasteiger partial charge < -0.3 is 20.2 Å². The Morgan fingerprint density at radius 3 is 2.35 bits per heavy atom. The minimum Gasteiger partial charge on any atom is -0.483 e. The molecule has 1 aliphatic rings. The van der Waals surface area contributed by atoms with Gasteiger partial charge >= 0.3 is 0 Å². The smallest absolute Gasteiger partial charge is 0.180 e. The summed E-state index contributed by atoms with van der Waals surface area (Å²) in [5.74, 6) is 1.43. The number of benzene rings is 2. The summed E-state index contributed by atoms with van der Waals surface area (Å²) >= 11 is 6.04. The van der Waals surface area contributed by atoms with Gasteiger partial charge in [-0.15, -0.1) is 24.8 Å². The molecule has 1 saturated heterocycles. The predicted octanol–water partition coefficient (Wildman–Crippen LogP) is 3.94. The van der Waals surface area contributed by atoms with E-state index in [1.165, 1.54) is 6.33 Å². The molecule has 1 fully saturated rings. The third-order valence-corrected chi connectivity index (χ3v) is 5.89. The predicted molar refractivity (Wildman–Crippen MR) is 139 cm³/mol. The number of rotatable bonds is 8. The molecule has 0 radical (unpaired) electrons. The Morgan fingerprint density at radius 2 is 1.71 bits per heavy atom. The lowest BCUT2D eigenvalue weighted by Gasteiger charge is -2.41. The van der Waals surface area contributed by atoms with Crippen LogP contribution in [0.2, 0.25) is 5.02 Å². The van der Waals surface area contributed by atoms with E-state index < -0.39 is 6.04 Å². The zero-order valence-corrected chi connectivity index (χ0v) is 20.9. The van der Waals surface area contributed by atoms with Crippen LogP contribution in [0.4, 0.5) is 5.82 Å². The normalized spacial score (nSPS) is 15.4. The van der Waals surface area contributed by atoms with Gasteiger partial charge in [-0.3, -0.25) is 4.90 Å². The van der Waals surface area contributed by atoms with Crippen molar-refractivity contribution in [2.45, 2.75) is 18.7 Å². The molecule has 2 atom stereocenters. The van der Waals surface area contributed by atoms with Crippen LogP contribution in [0.5, 0.6) is 5.75 Å². The number of carbonyl (C=O) groups is 1. The molecule has 2 heterocycles. The molecule has 0 amide bonds. The van der Waals surface area contributed by atoms with Crippen molar-refractivity contribution in [3.63, 3.8) is 0 Å². The SMILES string of the molecule is Cl.Cl.N[C@@H](C=O)C(c1ccc(Cl)cc1)N1CCN(c2ncncc2OCc2ccccc2)CC1. The average molecular weight is 525 g/mol. The molecule has 182 valence electrons. The summed E-state index contributed by atoms with van der Waals surface area (Å²) in [6, 6.07) is 16.7. The van der Waals surface area contributed by atoms with Crippen LogP contribution in [0.3, 0.4) is 0 Å². The zero-order chi connectivity index (χ0) is 22.3. The first kappa shape index (κ1) is 27.8. The van der Waals surface area contributed by atoms with E-state index >= 15 is 0 Å². The number of carbonyl (C=O) groups excluding carboxylic acids is 1. The van der Waals surface area contributed by atoms with Gasteiger partial charge in [-0.25, -0.2) is 9.97 Å². The Morgan fingerprint density at radius 1 is 1.03 bits per heavy atom. The highest BCUT2D eigenvalue weighted by atomic mass is 35.5. The summed E-state index contributed by atoms with van der Waals surface area (Å²) in [6.07, 6.45) is 4.05. The largest absolute Gasteiger partial charge is 0.483 e. The molecule has 0 aliphatic carbocycles. The highest BCUT2D eigenvalue weighted by Gasteiger charge is 2.30. The van der Waals surface area contributed by atoms with Crippen LogP contribution in [0.15, 0.2) is 67.1 Å². The summed E-state index contributed by atoms with van der Waals surface area (Å²) in [5, 5.41) is 0.656. The van der Waals surface area contributed by atoms with Crippen molar-refractivity contribution >= 4 is 48.5 Å². The van der Waals surface area contributed by atoms with Crippen LogP contribution in [-0.2, 0) is 11.4 Å². The molecule has 2 aromatic carbocycles. The number of hydrogen-bond acceptors (Lipinski definition) is 7. The summed E-state index contributed by atoms with van der Waals surface area (Å²) < 4.78 is 6.03. The second-order valence-corrected chi connectivity index (χ2v) is 8.15. The number of nitrogens with two attached hydrogens (primary N) is 1. The summed E-state index contributed by atoms with van der Waals surface area (Å²) in [5.41, 5.74) is 8.25. The molecule has 3 aromatic rings. The number of halogens is 3. The number of hydrogen-bond donors (Lipinski definition) is 1. The number of ether oxygens (including phenoxy) is 1. The van der Waals surface area contributed by atoms with E-state index in [1.807, 2.05) is 54.6 Å². The maximum Gasteiger partial charge on any atom is 0.180 e. The van der Waals surface area contributed by atoms with Gasteiger partial charge in [0.2, 0.25) is 0 Å². The number of aldehydes is 1. The standard InChI is InChI=1S/C24H26ClN5O2.2ClH/c25-20-8-6-19(7-9-20)23(21(26)15-31)29-10-12-30(13-11-29)24-22(14-27-17-28-24)32-16-18-4-2-1-3-5-18;;/h1-9,14-15,17,21,23H,10-13,16,26H2;2*1H/t21-,23?;;/m0../s1. The maximum atomic E-state index is 11.5. The molecule has 7 nitrogen and oxygen atoms in total. The number of nitrogens with zero attached hydrogens (tertiary/aromatic N) is 4. The van der Waals surface area contributed by atoms with Gasteiger partial charge in [0.1, 0.15) is 19.2 Å². The molecule has 0 spiro atoms. The quantitative estimate of drug-likeness (QED) is 0.447. The Kier molecular flexibility index (Phi) is 11.0. The highest BCUT2D eigenvalue weighted by Crippen LogP contribution is 2.30. The minimum atomic E-state index is -0.619. The van der Waals surface area contributed by atoms with E-state index in [4.69, 9.17) is 22.1 Å². The van der Waals surface area contributed by atoms with Crippen LogP contribution in [0, 0.1) is 0 Å². The second-order valence-electron chi connectivity index (χ2n) is 7.72. The van der Waals surface area contributed by atoms with Crippen molar-refractivity contribution in [2.24, 2.45) is 5.73 Å². The Balaban J connectivity index is 0.00000204. The van der Waals surface area contributed by atoms with Gasteiger partial charge in [0.05, 0.1) is 18.3 Å². The van der Waals surface area contributed by atoms with Gasteiger partial charge in [-0.1, -0.05) is 54.1 Å². The number of piperazine rings is 1. The van der Waals surface area contributed by atoms with Gasteiger partial charge in [0, 0.05) is 31.2 Å². The average Bonchev–Trinajstić information content (AvgIpc) is 2.85. The van der Waals surface area contributed by atoms with Crippen LogP contribution < -0.4 is 15.4 Å². The van der Waals surface area contributed by atoms with E-state index in [9.17, 15) is 4.79 Å². The maximum absolute atomic E-state index is 11.5. The van der Waals surface area contributed by atoms with Crippen LogP contribution in [0.1, 0.15) is 17.2 Å². The van der Waals surface area contributed by atoms with E-state index in [1.54, 1.807) is 6.20 Å². The van der Waals surface area contributed by atoms with E-state index in [-0.39, 0.29) is 30.9 Å². The zero-order valence-electron chi connectivity index (χ0n) is 18.5. The monoisotopic (exact) mass is 523 g/mol. The molecule has 1 unspecified atom stereocenters. The Labute approximate surface area is 217 Å². The van der Waals surface area contributed by atoms with Crippen molar-refractivity contribution in [1.82, 2.24) is 14.9 Å². The van der Waals surface area contributed by atoms with Gasteiger partial charge in [0.25, 0.3) is 0 Å². The molecule has 0 bridgehead atoms. The fraction of sp³-hybridized carbons (Fsp3) is 0.292. The Bertz CT molecular complexity index is 1020. The first-order chi connectivity index (χ1) is 15.7. The first-order valence-corrected chi connectivity index (χ1v) is 11.0. The summed E-state index contributed by atoms with van der Waals surface area (Å²) in [6.45, 7) is 3.38. The van der Waals surface area contributed by atoms with Gasteiger partial charge in [-0.05, 0) is 23.3 Å². The first-order valence-electron chi connectivity index (χ1n) is 10.6. The lowest BCUT2D eigenvalue weighted by molar-refractivity contribution is -0.110. The summed E-state index contributed by atoms with van der Waals surface area (Å²) in [4.78, 5) is 24.6. The number of anilines is 1.